The van der Waals surface area contributed by atoms with E-state index in [0.29, 0.717) is 17.7 Å². The molecule has 0 aliphatic rings. The van der Waals surface area contributed by atoms with Crippen LogP contribution in [0.5, 0.6) is 5.75 Å². The molecule has 5 nitrogen and oxygen atoms in total. The fraction of sp³-hybridized carbons (Fsp3) is 0.471. The summed E-state index contributed by atoms with van der Waals surface area (Å²) in [6.45, 7) is 7.45. The van der Waals surface area contributed by atoms with Crippen LogP contribution in [0, 0.1) is 5.41 Å². The number of benzene rings is 1. The van der Waals surface area contributed by atoms with E-state index in [0.717, 1.165) is 0 Å². The molecule has 1 aromatic rings. The predicted octanol–water partition coefficient (Wildman–Crippen LogP) is 2.74. The third kappa shape index (κ3) is 5.68. The summed E-state index contributed by atoms with van der Waals surface area (Å²) in [6.07, 6.45) is 0.532. The van der Waals surface area contributed by atoms with Crippen LogP contribution < -0.4 is 10.1 Å². The van der Waals surface area contributed by atoms with Crippen molar-refractivity contribution in [2.45, 2.75) is 40.5 Å². The Hall–Kier alpha value is -2.17. The Labute approximate surface area is 131 Å². The number of ether oxygens (including phenoxy) is 1. The van der Waals surface area contributed by atoms with E-state index in [4.69, 9.17) is 4.74 Å². The fourth-order valence-corrected chi connectivity index (χ4v) is 1.64. The van der Waals surface area contributed by atoms with Crippen molar-refractivity contribution in [3.63, 3.8) is 0 Å². The summed E-state index contributed by atoms with van der Waals surface area (Å²) in [6, 6.07) is 6.45. The fourth-order valence-electron chi connectivity index (χ4n) is 1.64. The highest BCUT2D eigenvalue weighted by Gasteiger charge is 2.20. The Balaban J connectivity index is 2.42. The van der Waals surface area contributed by atoms with Crippen molar-refractivity contribution in [1.82, 2.24) is 5.32 Å². The Bertz CT molecular complexity index is 541. The Kier molecular flexibility index (Phi) is 6.28. The number of hydrogen-bond donors (Lipinski definition) is 1. The molecule has 1 aromatic carbocycles. The van der Waals surface area contributed by atoms with Crippen LogP contribution in [-0.4, -0.2) is 24.2 Å². The third-order valence-electron chi connectivity index (χ3n) is 3.02. The van der Waals surface area contributed by atoms with E-state index in [9.17, 15) is 14.4 Å². The average molecular weight is 305 g/mol. The lowest BCUT2D eigenvalue weighted by molar-refractivity contribution is -0.134. The second kappa shape index (κ2) is 7.73. The first-order chi connectivity index (χ1) is 10.2. The number of hydrogen-bond acceptors (Lipinski definition) is 4. The number of Topliss-reactive ketones (excluding diaryl/α,β-unsaturated/α-hetero) is 1. The van der Waals surface area contributed by atoms with Gasteiger partial charge in [0.1, 0.15) is 5.75 Å². The van der Waals surface area contributed by atoms with Gasteiger partial charge in [0.2, 0.25) is 5.91 Å². The molecular formula is C17H23NO4. The molecule has 0 aliphatic carbocycles. The first-order valence-electron chi connectivity index (χ1n) is 7.36. The highest BCUT2D eigenvalue weighted by molar-refractivity contribution is 5.95. The lowest BCUT2D eigenvalue weighted by Gasteiger charge is -2.17. The molecule has 0 spiro atoms. The van der Waals surface area contributed by atoms with Gasteiger partial charge in [0.15, 0.2) is 5.78 Å². The second-order valence-electron chi connectivity index (χ2n) is 6.03. The number of amides is 1. The van der Waals surface area contributed by atoms with E-state index in [1.54, 1.807) is 52.0 Å². The van der Waals surface area contributed by atoms with Gasteiger partial charge >= 0.3 is 5.97 Å². The zero-order valence-corrected chi connectivity index (χ0v) is 13.6. The molecule has 0 fully saturated rings. The minimum absolute atomic E-state index is 0.0442. The first kappa shape index (κ1) is 17.9. The minimum Gasteiger partial charge on any atom is -0.426 e. The zero-order chi connectivity index (χ0) is 16.8. The quantitative estimate of drug-likeness (QED) is 0.498. The van der Waals surface area contributed by atoms with Gasteiger partial charge in [-0.2, -0.15) is 0 Å². The van der Waals surface area contributed by atoms with Gasteiger partial charge in [-0.3, -0.25) is 14.4 Å². The molecule has 0 heterocycles. The summed E-state index contributed by atoms with van der Waals surface area (Å²) in [5.41, 5.74) is 0.116. The summed E-state index contributed by atoms with van der Waals surface area (Å²) >= 11 is 0. The van der Waals surface area contributed by atoms with E-state index in [2.05, 4.69) is 5.32 Å². The summed E-state index contributed by atoms with van der Waals surface area (Å²) in [5, 5.41) is 2.69. The van der Waals surface area contributed by atoms with Crippen LogP contribution in [0.15, 0.2) is 24.3 Å². The monoisotopic (exact) mass is 305 g/mol. The average Bonchev–Trinajstić information content (AvgIpc) is 2.46. The maximum atomic E-state index is 11.7. The molecular weight excluding hydrogens is 282 g/mol. The van der Waals surface area contributed by atoms with E-state index in [1.165, 1.54) is 0 Å². The summed E-state index contributed by atoms with van der Waals surface area (Å²) in [4.78, 5) is 34.8. The van der Waals surface area contributed by atoms with Crippen molar-refractivity contribution in [3.05, 3.63) is 29.8 Å². The van der Waals surface area contributed by atoms with Gasteiger partial charge in [-0.15, -0.1) is 0 Å². The van der Waals surface area contributed by atoms with Crippen molar-refractivity contribution in [3.8, 4) is 5.75 Å². The van der Waals surface area contributed by atoms with Crippen LogP contribution in [0.4, 0.5) is 0 Å². The molecule has 0 atom stereocenters. The summed E-state index contributed by atoms with van der Waals surface area (Å²) in [5.74, 6) is -0.103. The highest BCUT2D eigenvalue weighted by Crippen LogP contribution is 2.14. The molecule has 0 radical (unpaired) electrons. The van der Waals surface area contributed by atoms with Gasteiger partial charge in [-0.05, 0) is 24.3 Å². The van der Waals surface area contributed by atoms with Crippen molar-refractivity contribution in [2.24, 2.45) is 5.41 Å². The van der Waals surface area contributed by atoms with Crippen LogP contribution in [0.1, 0.15) is 50.9 Å². The largest absolute Gasteiger partial charge is 0.426 e. The molecule has 1 amide bonds. The molecule has 1 rings (SSSR count). The van der Waals surface area contributed by atoms with Crippen LogP contribution in [0.3, 0.4) is 0 Å². The number of nitrogens with one attached hydrogen (secondary N) is 1. The molecule has 1 N–H and O–H groups in total. The van der Waals surface area contributed by atoms with Crippen molar-refractivity contribution in [2.75, 3.05) is 6.54 Å². The van der Waals surface area contributed by atoms with Gasteiger partial charge in [0, 0.05) is 23.9 Å². The van der Waals surface area contributed by atoms with Crippen molar-refractivity contribution in [1.29, 1.82) is 0 Å². The molecule has 0 unspecified atom stereocenters. The lowest BCUT2D eigenvalue weighted by atomic mass is 9.96. The van der Waals surface area contributed by atoms with Gasteiger partial charge in [-0.25, -0.2) is 0 Å². The van der Waals surface area contributed by atoms with Crippen LogP contribution >= 0.6 is 0 Å². The van der Waals surface area contributed by atoms with Crippen molar-refractivity contribution >= 4 is 17.7 Å². The number of rotatable bonds is 6. The standard InChI is InChI=1S/C17H23NO4/c1-5-14(19)12-6-8-13(9-7-12)22-15(20)10-11-18-16(21)17(2,3)4/h6-9H,5,10-11H2,1-4H3,(H,18,21). The molecule has 0 aromatic heterocycles. The molecule has 0 bridgehead atoms. The second-order valence-corrected chi connectivity index (χ2v) is 6.03. The van der Waals surface area contributed by atoms with Gasteiger partial charge < -0.3 is 10.1 Å². The third-order valence-corrected chi connectivity index (χ3v) is 3.02. The van der Waals surface area contributed by atoms with Gasteiger partial charge in [0.05, 0.1) is 6.42 Å². The van der Waals surface area contributed by atoms with E-state index in [1.807, 2.05) is 0 Å². The summed E-state index contributed by atoms with van der Waals surface area (Å²) < 4.78 is 5.15. The van der Waals surface area contributed by atoms with E-state index >= 15 is 0 Å². The molecule has 0 saturated carbocycles. The van der Waals surface area contributed by atoms with E-state index < -0.39 is 11.4 Å². The molecule has 0 aliphatic heterocycles. The Morgan fingerprint density at radius 2 is 1.68 bits per heavy atom. The SMILES string of the molecule is CCC(=O)c1ccc(OC(=O)CCNC(=O)C(C)(C)C)cc1. The molecule has 120 valence electrons. The Morgan fingerprint density at radius 1 is 1.09 bits per heavy atom. The number of ketones is 1. The van der Waals surface area contributed by atoms with Gasteiger partial charge in [0.25, 0.3) is 0 Å². The maximum Gasteiger partial charge on any atom is 0.312 e. The van der Waals surface area contributed by atoms with Crippen LogP contribution in [0.25, 0.3) is 0 Å². The highest BCUT2D eigenvalue weighted by atomic mass is 16.5. The Morgan fingerprint density at radius 3 is 2.18 bits per heavy atom. The predicted molar refractivity (Wildman–Crippen MR) is 83.8 cm³/mol. The molecule has 0 saturated heterocycles. The topological polar surface area (TPSA) is 72.5 Å². The van der Waals surface area contributed by atoms with Crippen LogP contribution in [0.2, 0.25) is 0 Å². The lowest BCUT2D eigenvalue weighted by Crippen LogP contribution is -2.36. The normalized spacial score (nSPS) is 10.9. The first-order valence-corrected chi connectivity index (χ1v) is 7.36. The van der Waals surface area contributed by atoms with Gasteiger partial charge in [-0.1, -0.05) is 27.7 Å². The maximum absolute atomic E-state index is 11.7. The molecule has 22 heavy (non-hydrogen) atoms. The zero-order valence-electron chi connectivity index (χ0n) is 13.6. The van der Waals surface area contributed by atoms with Crippen LogP contribution in [-0.2, 0) is 9.59 Å². The number of carbonyl (C=O) groups excluding carboxylic acids is 3. The van der Waals surface area contributed by atoms with Crippen molar-refractivity contribution < 1.29 is 19.1 Å². The number of esters is 1. The molecule has 5 heteroatoms. The number of carbonyl (C=O) groups is 3. The van der Waals surface area contributed by atoms with E-state index in [-0.39, 0.29) is 24.7 Å². The smallest absolute Gasteiger partial charge is 0.312 e. The minimum atomic E-state index is -0.481. The summed E-state index contributed by atoms with van der Waals surface area (Å²) in [7, 11) is 0.